The molecule has 0 unspecified atom stereocenters. The standard InChI is InChI=1S/C11H9Br2N3O2/c12-10-7-11(13)15(14-10)6-5-8-1-3-9(4-2-8)16(17)18/h1-4,7H,5-6H2. The molecule has 0 amide bonds. The molecular weight excluding hydrogens is 366 g/mol. The Morgan fingerprint density at radius 1 is 1.28 bits per heavy atom. The molecule has 0 bridgehead atoms. The summed E-state index contributed by atoms with van der Waals surface area (Å²) >= 11 is 6.70. The van der Waals surface area contributed by atoms with Gasteiger partial charge in [-0.1, -0.05) is 12.1 Å². The molecule has 0 aliphatic rings. The SMILES string of the molecule is O=[N+]([O-])c1ccc(CCn2nc(Br)cc2Br)cc1. The summed E-state index contributed by atoms with van der Waals surface area (Å²) in [6.45, 7) is 0.712. The fourth-order valence-corrected chi connectivity index (χ4v) is 2.73. The van der Waals surface area contributed by atoms with E-state index in [0.717, 1.165) is 21.2 Å². The Labute approximate surface area is 120 Å². The van der Waals surface area contributed by atoms with Gasteiger partial charge in [-0.05, 0) is 43.8 Å². The first-order valence-corrected chi connectivity index (χ1v) is 6.77. The van der Waals surface area contributed by atoms with E-state index in [-0.39, 0.29) is 5.69 Å². The largest absolute Gasteiger partial charge is 0.269 e. The minimum Gasteiger partial charge on any atom is -0.258 e. The lowest BCUT2D eigenvalue weighted by Crippen LogP contribution is -2.03. The third kappa shape index (κ3) is 3.17. The second kappa shape index (κ2) is 5.62. The van der Waals surface area contributed by atoms with Crippen molar-refractivity contribution in [3.05, 3.63) is 55.2 Å². The smallest absolute Gasteiger partial charge is 0.258 e. The van der Waals surface area contributed by atoms with Crippen LogP contribution >= 0.6 is 31.9 Å². The van der Waals surface area contributed by atoms with Crippen molar-refractivity contribution in [2.75, 3.05) is 0 Å². The molecule has 5 nitrogen and oxygen atoms in total. The molecule has 0 radical (unpaired) electrons. The van der Waals surface area contributed by atoms with Crippen molar-refractivity contribution in [2.45, 2.75) is 13.0 Å². The Bertz CT molecular complexity index is 566. The summed E-state index contributed by atoms with van der Waals surface area (Å²) in [5.41, 5.74) is 1.15. The second-order valence-electron chi connectivity index (χ2n) is 3.69. The molecule has 1 aromatic heterocycles. The van der Waals surface area contributed by atoms with Crippen LogP contribution in [0, 0.1) is 10.1 Å². The first kappa shape index (κ1) is 13.2. The highest BCUT2D eigenvalue weighted by atomic mass is 79.9. The van der Waals surface area contributed by atoms with Crippen LogP contribution in [0.5, 0.6) is 0 Å². The number of nitro groups is 1. The molecule has 2 aromatic rings. The first-order chi connectivity index (χ1) is 8.56. The number of rotatable bonds is 4. The van der Waals surface area contributed by atoms with Gasteiger partial charge in [0.25, 0.3) is 5.69 Å². The zero-order chi connectivity index (χ0) is 13.1. The van der Waals surface area contributed by atoms with Crippen LogP contribution in [0.3, 0.4) is 0 Å². The van der Waals surface area contributed by atoms with E-state index in [0.29, 0.717) is 6.54 Å². The summed E-state index contributed by atoms with van der Waals surface area (Å²) in [7, 11) is 0. The quantitative estimate of drug-likeness (QED) is 0.607. The maximum atomic E-state index is 10.5. The Kier molecular flexibility index (Phi) is 4.13. The molecule has 0 atom stereocenters. The highest BCUT2D eigenvalue weighted by Crippen LogP contribution is 2.17. The maximum absolute atomic E-state index is 10.5. The number of aromatic nitrogens is 2. The van der Waals surface area contributed by atoms with Crippen LogP contribution < -0.4 is 0 Å². The van der Waals surface area contributed by atoms with Gasteiger partial charge >= 0.3 is 0 Å². The molecule has 2 rings (SSSR count). The third-order valence-electron chi connectivity index (χ3n) is 2.46. The van der Waals surface area contributed by atoms with Gasteiger partial charge in [0.1, 0.15) is 9.21 Å². The van der Waals surface area contributed by atoms with Crippen molar-refractivity contribution < 1.29 is 4.92 Å². The highest BCUT2D eigenvalue weighted by molar-refractivity contribution is 9.11. The Hall–Kier alpha value is -1.21. The molecule has 0 N–H and O–H groups in total. The molecular formula is C11H9Br2N3O2. The van der Waals surface area contributed by atoms with E-state index in [1.807, 2.05) is 10.7 Å². The number of halogens is 2. The van der Waals surface area contributed by atoms with Gasteiger partial charge in [-0.3, -0.25) is 14.8 Å². The van der Waals surface area contributed by atoms with E-state index in [9.17, 15) is 10.1 Å². The molecule has 7 heteroatoms. The average Bonchev–Trinajstić information content (AvgIpc) is 2.66. The van der Waals surface area contributed by atoms with Crippen LogP contribution in [0.25, 0.3) is 0 Å². The predicted octanol–water partition coefficient (Wildman–Crippen LogP) is 3.56. The zero-order valence-electron chi connectivity index (χ0n) is 9.22. The van der Waals surface area contributed by atoms with Gasteiger partial charge in [-0.2, -0.15) is 5.10 Å². The average molecular weight is 375 g/mol. The van der Waals surface area contributed by atoms with Crippen molar-refractivity contribution in [1.82, 2.24) is 9.78 Å². The molecule has 18 heavy (non-hydrogen) atoms. The van der Waals surface area contributed by atoms with Gasteiger partial charge in [0, 0.05) is 24.7 Å². The number of non-ortho nitro benzene ring substituents is 1. The summed E-state index contributed by atoms with van der Waals surface area (Å²) in [6.07, 6.45) is 0.769. The minimum absolute atomic E-state index is 0.113. The van der Waals surface area contributed by atoms with Gasteiger partial charge in [0.2, 0.25) is 0 Å². The van der Waals surface area contributed by atoms with E-state index >= 15 is 0 Å². The first-order valence-electron chi connectivity index (χ1n) is 5.18. The number of nitrogens with zero attached hydrogens (tertiary/aromatic N) is 3. The Morgan fingerprint density at radius 3 is 2.44 bits per heavy atom. The van der Waals surface area contributed by atoms with Crippen LogP contribution in [-0.2, 0) is 13.0 Å². The van der Waals surface area contributed by atoms with Crippen LogP contribution in [0.4, 0.5) is 5.69 Å². The summed E-state index contributed by atoms with van der Waals surface area (Å²) in [5, 5.41) is 14.8. The van der Waals surface area contributed by atoms with Crippen molar-refractivity contribution >= 4 is 37.5 Å². The van der Waals surface area contributed by atoms with Gasteiger partial charge in [0.15, 0.2) is 0 Å². The van der Waals surface area contributed by atoms with Crippen LogP contribution in [0.15, 0.2) is 39.5 Å². The van der Waals surface area contributed by atoms with Crippen LogP contribution in [-0.4, -0.2) is 14.7 Å². The van der Waals surface area contributed by atoms with Gasteiger partial charge in [-0.25, -0.2) is 0 Å². The number of hydrogen-bond acceptors (Lipinski definition) is 3. The minimum atomic E-state index is -0.398. The summed E-state index contributed by atoms with van der Waals surface area (Å²) < 4.78 is 3.50. The molecule has 0 aliphatic heterocycles. The fraction of sp³-hybridized carbons (Fsp3) is 0.182. The molecule has 1 aromatic carbocycles. The normalized spacial score (nSPS) is 10.6. The lowest BCUT2D eigenvalue weighted by molar-refractivity contribution is -0.384. The molecule has 0 saturated heterocycles. The van der Waals surface area contributed by atoms with Crippen LogP contribution in [0.2, 0.25) is 0 Å². The monoisotopic (exact) mass is 373 g/mol. The summed E-state index contributed by atoms with van der Waals surface area (Å²) in [4.78, 5) is 10.1. The fourth-order valence-electron chi connectivity index (χ4n) is 1.54. The third-order valence-corrected chi connectivity index (χ3v) is 3.49. The Morgan fingerprint density at radius 2 is 1.94 bits per heavy atom. The van der Waals surface area contributed by atoms with Gasteiger partial charge in [-0.15, -0.1) is 0 Å². The number of benzene rings is 1. The lowest BCUT2D eigenvalue weighted by atomic mass is 10.1. The van der Waals surface area contributed by atoms with Crippen molar-refractivity contribution in [2.24, 2.45) is 0 Å². The van der Waals surface area contributed by atoms with Crippen molar-refractivity contribution in [1.29, 1.82) is 0 Å². The molecule has 0 saturated carbocycles. The Balaban J connectivity index is 2.02. The summed E-state index contributed by atoms with van der Waals surface area (Å²) in [5.74, 6) is 0. The van der Waals surface area contributed by atoms with E-state index < -0.39 is 4.92 Å². The van der Waals surface area contributed by atoms with Crippen molar-refractivity contribution in [3.63, 3.8) is 0 Å². The molecule has 1 heterocycles. The molecule has 0 fully saturated rings. The number of hydrogen-bond donors (Lipinski definition) is 0. The topological polar surface area (TPSA) is 61.0 Å². The van der Waals surface area contributed by atoms with E-state index in [4.69, 9.17) is 0 Å². The summed E-state index contributed by atoms with van der Waals surface area (Å²) in [6, 6.07) is 8.44. The lowest BCUT2D eigenvalue weighted by Gasteiger charge is -2.03. The van der Waals surface area contributed by atoms with E-state index in [2.05, 4.69) is 37.0 Å². The molecule has 0 aliphatic carbocycles. The van der Waals surface area contributed by atoms with Crippen LogP contribution in [0.1, 0.15) is 5.56 Å². The zero-order valence-corrected chi connectivity index (χ0v) is 12.4. The van der Waals surface area contributed by atoms with Crippen molar-refractivity contribution in [3.8, 4) is 0 Å². The highest BCUT2D eigenvalue weighted by Gasteiger charge is 2.06. The van der Waals surface area contributed by atoms with Gasteiger partial charge in [0.05, 0.1) is 4.92 Å². The molecule has 94 valence electrons. The number of aryl methyl sites for hydroxylation is 2. The van der Waals surface area contributed by atoms with E-state index in [1.54, 1.807) is 12.1 Å². The molecule has 0 spiro atoms. The number of nitro benzene ring substituents is 1. The predicted molar refractivity (Wildman–Crippen MR) is 74.4 cm³/mol. The second-order valence-corrected chi connectivity index (χ2v) is 5.31. The van der Waals surface area contributed by atoms with E-state index in [1.165, 1.54) is 12.1 Å². The van der Waals surface area contributed by atoms with Gasteiger partial charge < -0.3 is 0 Å². The maximum Gasteiger partial charge on any atom is 0.269 e.